The number of carbonyl (C=O) groups excluding carboxylic acids is 1. The normalized spacial score (nSPS) is 13.2. The third-order valence-corrected chi connectivity index (χ3v) is 10.7. The molecule has 0 heterocycles. The second-order valence-corrected chi connectivity index (χ2v) is 14.0. The number of carbonyl (C=O) groups is 1. The number of benzene rings is 3. The molecule has 0 unspecified atom stereocenters. The Labute approximate surface area is 222 Å². The molecule has 0 aliphatic carbocycles. The molecule has 0 amide bonds. The third kappa shape index (κ3) is 6.51. The number of halogens is 3. The first-order valence-corrected chi connectivity index (χ1v) is 14.5. The van der Waals surface area contributed by atoms with Gasteiger partial charge in [-0.25, -0.2) is 4.79 Å². The van der Waals surface area contributed by atoms with Crippen LogP contribution in [0.5, 0.6) is 5.75 Å². The minimum Gasteiger partial charge on any atom is -0.482 e. The van der Waals surface area contributed by atoms with Gasteiger partial charge in [-0.15, -0.1) is 8.42 Å². The van der Waals surface area contributed by atoms with E-state index in [1.807, 2.05) is 0 Å². The molecule has 0 aliphatic rings. The van der Waals surface area contributed by atoms with Gasteiger partial charge in [0.25, 0.3) is 0 Å². The van der Waals surface area contributed by atoms with Crippen LogP contribution in [0.25, 0.3) is 0 Å². The number of esters is 1. The highest BCUT2D eigenvalue weighted by Crippen LogP contribution is 2.70. The molecule has 0 aromatic heterocycles. The van der Waals surface area contributed by atoms with Crippen molar-refractivity contribution in [3.63, 3.8) is 0 Å². The summed E-state index contributed by atoms with van der Waals surface area (Å²) in [5.74, 6) is -0.339. The highest BCUT2D eigenvalue weighted by Gasteiger charge is 2.58. The molecular weight excluding hydrogens is 541 g/mol. The Morgan fingerprint density at radius 1 is 0.816 bits per heavy atom. The zero-order valence-corrected chi connectivity index (χ0v) is 23.2. The van der Waals surface area contributed by atoms with Gasteiger partial charge in [-0.1, -0.05) is 36.4 Å². The van der Waals surface area contributed by atoms with E-state index in [1.165, 1.54) is 24.3 Å². The van der Waals surface area contributed by atoms with Crippen molar-refractivity contribution in [1.82, 2.24) is 0 Å². The summed E-state index contributed by atoms with van der Waals surface area (Å²) >= 11 is 0. The maximum absolute atomic E-state index is 13.7. The number of hydrogen-bond acceptors (Lipinski definition) is 5. The van der Waals surface area contributed by atoms with Crippen molar-refractivity contribution in [1.29, 1.82) is 0 Å². The van der Waals surface area contributed by atoms with Gasteiger partial charge < -0.3 is 9.47 Å². The Hall–Kier alpha value is -3.02. The molecule has 3 rings (SSSR count). The number of ether oxygens (including phenoxy) is 2. The monoisotopic (exact) mass is 571 g/mol. The van der Waals surface area contributed by atoms with Crippen LogP contribution in [0.2, 0.25) is 0 Å². The Morgan fingerprint density at radius 3 is 1.71 bits per heavy atom. The van der Waals surface area contributed by atoms with Crippen molar-refractivity contribution in [2.24, 2.45) is 0 Å². The molecule has 0 fully saturated rings. The number of aryl methyl sites for hydroxylation is 2. The molecule has 206 valence electrons. The van der Waals surface area contributed by atoms with E-state index >= 15 is 0 Å². The van der Waals surface area contributed by atoms with E-state index in [0.29, 0.717) is 20.9 Å². The zero-order chi connectivity index (χ0) is 28.4. The first-order valence-electron chi connectivity index (χ1n) is 11.5. The Balaban J connectivity index is 2.19. The van der Waals surface area contributed by atoms with Crippen LogP contribution in [0, 0.1) is 13.8 Å². The Bertz CT molecular complexity index is 1350. The fraction of sp³-hybridized carbons (Fsp3) is 0.296. The number of rotatable bonds is 8. The van der Waals surface area contributed by atoms with Gasteiger partial charge >= 0.3 is 21.6 Å². The molecule has 6 nitrogen and oxygen atoms in total. The molecule has 0 saturated carbocycles. The number of hydrogen-bond donors (Lipinski definition) is 0. The quantitative estimate of drug-likeness (QED) is 0.124. The van der Waals surface area contributed by atoms with Crippen molar-refractivity contribution in [3.05, 3.63) is 83.9 Å². The van der Waals surface area contributed by atoms with Gasteiger partial charge in [-0.2, -0.15) is 13.2 Å². The second kappa shape index (κ2) is 11.0. The molecule has 0 bridgehead atoms. The Morgan fingerprint density at radius 2 is 1.29 bits per heavy atom. The molecule has 3 aromatic rings. The summed E-state index contributed by atoms with van der Waals surface area (Å²) < 4.78 is 80.9. The average Bonchev–Trinajstić information content (AvgIpc) is 2.81. The van der Waals surface area contributed by atoms with Crippen LogP contribution in [0.1, 0.15) is 31.9 Å². The van der Waals surface area contributed by atoms with Crippen LogP contribution in [-0.4, -0.2) is 35.7 Å². The highest BCUT2D eigenvalue weighted by molar-refractivity contribution is 8.32. The summed E-state index contributed by atoms with van der Waals surface area (Å²) in [5.41, 5.74) is -5.12. The molecule has 38 heavy (non-hydrogen) atoms. The van der Waals surface area contributed by atoms with Gasteiger partial charge in [-0.3, -0.25) is 3.63 Å². The Kier molecular flexibility index (Phi) is 8.55. The van der Waals surface area contributed by atoms with Gasteiger partial charge in [-0.05, 0) is 82.1 Å². The van der Waals surface area contributed by atoms with E-state index < -0.39 is 37.5 Å². The van der Waals surface area contributed by atoms with Crippen LogP contribution in [-0.2, 0) is 19.6 Å². The zero-order valence-electron chi connectivity index (χ0n) is 21.6. The van der Waals surface area contributed by atoms with Crippen LogP contribution in [0.15, 0.2) is 87.5 Å². The van der Waals surface area contributed by atoms with E-state index in [1.54, 1.807) is 83.1 Å². The standard InChI is InChI=1S/C27H29F3O6S2/c1-19-10-6-8-12-23(19)37(24-13-9-7-11-20(24)2,36-38(32,33)27(28,29)30)22-16-14-21(15-17-22)34-18-25(31)35-26(3,4)5/h6-17H,18H2,1-5H3/p+1. The smallest absolute Gasteiger partial charge is 0.482 e. The lowest BCUT2D eigenvalue weighted by Gasteiger charge is -2.36. The summed E-state index contributed by atoms with van der Waals surface area (Å²) in [6, 6.07) is 19.2. The topological polar surface area (TPSA) is 82.5 Å². The second-order valence-electron chi connectivity index (χ2n) is 9.45. The lowest BCUT2D eigenvalue weighted by molar-refractivity contribution is -0.157. The summed E-state index contributed by atoms with van der Waals surface area (Å²) in [5, 5.41) is 0. The van der Waals surface area contributed by atoms with Gasteiger partial charge in [0.1, 0.15) is 11.4 Å². The maximum atomic E-state index is 13.7. The van der Waals surface area contributed by atoms with Crippen molar-refractivity contribution in [3.8, 4) is 5.75 Å². The highest BCUT2D eigenvalue weighted by atomic mass is 32.3. The molecule has 11 heteroatoms. The summed E-state index contributed by atoms with van der Waals surface area (Å²) in [4.78, 5) is 13.0. The van der Waals surface area contributed by atoms with Crippen molar-refractivity contribution >= 4 is 26.4 Å². The fourth-order valence-corrected chi connectivity index (χ4v) is 9.10. The average molecular weight is 572 g/mol. The van der Waals surface area contributed by atoms with Gasteiger partial charge in [0.15, 0.2) is 6.61 Å². The predicted octanol–water partition coefficient (Wildman–Crippen LogP) is 7.16. The molecule has 3 aromatic carbocycles. The van der Waals surface area contributed by atoms with E-state index in [0.717, 1.165) is 0 Å². The minimum absolute atomic E-state index is 0.249. The van der Waals surface area contributed by atoms with Gasteiger partial charge in [0.05, 0.1) is 25.0 Å². The van der Waals surface area contributed by atoms with Crippen LogP contribution < -0.4 is 4.74 Å². The molecule has 0 saturated heterocycles. The van der Waals surface area contributed by atoms with E-state index in [4.69, 9.17) is 9.47 Å². The largest absolute Gasteiger partial charge is 0.572 e. The van der Waals surface area contributed by atoms with Crippen molar-refractivity contribution in [2.45, 2.75) is 60.4 Å². The molecule has 0 radical (unpaired) electrons. The van der Waals surface area contributed by atoms with Crippen molar-refractivity contribution in [2.75, 3.05) is 6.61 Å². The first-order chi connectivity index (χ1) is 17.6. The summed E-state index contributed by atoms with van der Waals surface area (Å²) in [7, 11) is -9.25. The van der Waals surface area contributed by atoms with E-state index in [9.17, 15) is 26.4 Å². The number of alkyl halides is 3. The molecular formula is C27H30F3O6S2+. The minimum atomic E-state index is -5.91. The van der Waals surface area contributed by atoms with Gasteiger partial charge in [0.2, 0.25) is 0 Å². The lowest BCUT2D eigenvalue weighted by Crippen LogP contribution is -2.31. The van der Waals surface area contributed by atoms with Crippen LogP contribution >= 0.6 is 10.3 Å². The molecule has 0 aliphatic heterocycles. The summed E-state index contributed by atoms with van der Waals surface area (Å²) in [6.45, 7) is 8.18. The van der Waals surface area contributed by atoms with Gasteiger partial charge in [0, 0.05) is 0 Å². The molecule has 0 atom stereocenters. The molecule has 0 spiro atoms. The third-order valence-electron chi connectivity index (χ3n) is 5.27. The summed E-state index contributed by atoms with van der Waals surface area (Å²) in [6.07, 6.45) is 0. The van der Waals surface area contributed by atoms with E-state index in [2.05, 4.69) is 3.63 Å². The van der Waals surface area contributed by atoms with Crippen LogP contribution in [0.4, 0.5) is 13.2 Å². The SMILES string of the molecule is Cc1ccccc1S([OH+]S(=O)(=O)C(F)(F)F)(c1ccc(OCC(=O)OC(C)(C)C)cc1)c1ccccc1C. The molecule has 1 N–H and O–H groups in total. The lowest BCUT2D eigenvalue weighted by atomic mass is 10.2. The van der Waals surface area contributed by atoms with E-state index in [-0.39, 0.29) is 17.3 Å². The van der Waals surface area contributed by atoms with Crippen molar-refractivity contribution < 1.29 is 39.5 Å². The maximum Gasteiger partial charge on any atom is 0.572 e. The first kappa shape index (κ1) is 29.5. The predicted molar refractivity (Wildman–Crippen MR) is 140 cm³/mol. The fourth-order valence-electron chi connectivity index (χ4n) is 3.71. The van der Waals surface area contributed by atoms with Crippen LogP contribution in [0.3, 0.4) is 0 Å².